The van der Waals surface area contributed by atoms with Crippen LogP contribution in [0.25, 0.3) is 5.65 Å². The molecule has 0 spiro atoms. The first-order chi connectivity index (χ1) is 5.79. The molecule has 0 aromatic carbocycles. The van der Waals surface area contributed by atoms with Crippen molar-refractivity contribution in [2.75, 3.05) is 0 Å². The van der Waals surface area contributed by atoms with Crippen molar-refractivity contribution in [3.63, 3.8) is 0 Å². The number of hydrogen-bond acceptors (Lipinski definition) is 2. The summed E-state index contributed by atoms with van der Waals surface area (Å²) in [6.45, 7) is 0. The zero-order valence-electron chi connectivity index (χ0n) is 6.14. The number of nitrogens with zero attached hydrogens (tertiary/aromatic N) is 2. The molecule has 2 heterocycles. The van der Waals surface area contributed by atoms with Crippen LogP contribution in [0.1, 0.15) is 10.5 Å². The van der Waals surface area contributed by atoms with E-state index in [0.29, 0.717) is 5.65 Å². The monoisotopic (exact) mass is 162 g/mol. The highest BCUT2D eigenvalue weighted by Gasteiger charge is 2.07. The Morgan fingerprint density at radius 1 is 1.50 bits per heavy atom. The number of aromatic nitrogens is 2. The molecule has 0 amide bonds. The van der Waals surface area contributed by atoms with Crippen LogP contribution >= 0.6 is 0 Å². The molecule has 0 atom stereocenters. The van der Waals surface area contributed by atoms with Gasteiger partial charge in [-0.05, 0) is 18.2 Å². The van der Waals surface area contributed by atoms with Gasteiger partial charge in [-0.2, -0.15) is 0 Å². The van der Waals surface area contributed by atoms with Gasteiger partial charge in [-0.3, -0.25) is 4.40 Å². The Morgan fingerprint density at radius 2 is 2.33 bits per heavy atom. The van der Waals surface area contributed by atoms with Gasteiger partial charge in [0.25, 0.3) is 0 Å². The molecular weight excluding hydrogens is 156 g/mol. The molecule has 60 valence electrons. The van der Waals surface area contributed by atoms with Crippen molar-refractivity contribution < 1.29 is 9.90 Å². The zero-order chi connectivity index (χ0) is 8.55. The lowest BCUT2D eigenvalue weighted by Gasteiger charge is -1.94. The summed E-state index contributed by atoms with van der Waals surface area (Å²) in [6.07, 6.45) is 3.30. The van der Waals surface area contributed by atoms with Gasteiger partial charge in [-0.1, -0.05) is 0 Å². The average Bonchev–Trinajstić information content (AvgIpc) is 2.47. The van der Waals surface area contributed by atoms with E-state index < -0.39 is 5.97 Å². The standard InChI is InChI=1S/C8H6N2O2/c11-8(12)6-2-3-7-9-4-1-5-10(6)7/h1-5H,(H,11,12). The number of carboxylic acids is 1. The van der Waals surface area contributed by atoms with E-state index in [2.05, 4.69) is 4.98 Å². The highest BCUT2D eigenvalue weighted by Crippen LogP contribution is 2.06. The summed E-state index contributed by atoms with van der Waals surface area (Å²) in [6, 6.07) is 4.90. The molecular formula is C8H6N2O2. The molecule has 0 unspecified atom stereocenters. The molecule has 12 heavy (non-hydrogen) atoms. The largest absolute Gasteiger partial charge is 0.477 e. The number of rotatable bonds is 1. The van der Waals surface area contributed by atoms with Crippen molar-refractivity contribution in [2.24, 2.45) is 0 Å². The third-order valence-corrected chi connectivity index (χ3v) is 1.64. The summed E-state index contributed by atoms with van der Waals surface area (Å²) < 4.78 is 1.53. The molecule has 0 aliphatic carbocycles. The Hall–Kier alpha value is -1.84. The van der Waals surface area contributed by atoms with Crippen LogP contribution in [0.15, 0.2) is 30.6 Å². The smallest absolute Gasteiger partial charge is 0.352 e. The first-order valence-electron chi connectivity index (χ1n) is 3.44. The lowest BCUT2D eigenvalue weighted by atomic mass is 10.4. The molecule has 0 saturated heterocycles. The number of fused-ring (bicyclic) bond motifs is 1. The minimum atomic E-state index is -0.942. The van der Waals surface area contributed by atoms with Crippen molar-refractivity contribution in [1.29, 1.82) is 0 Å². The van der Waals surface area contributed by atoms with Gasteiger partial charge in [0.05, 0.1) is 0 Å². The Bertz CT molecular complexity index is 433. The second-order valence-electron chi connectivity index (χ2n) is 2.37. The molecule has 0 fully saturated rings. The van der Waals surface area contributed by atoms with Gasteiger partial charge in [-0.15, -0.1) is 0 Å². The Balaban J connectivity index is 2.79. The molecule has 2 rings (SSSR count). The van der Waals surface area contributed by atoms with Crippen molar-refractivity contribution in [3.05, 3.63) is 36.3 Å². The second kappa shape index (κ2) is 2.34. The fourth-order valence-electron chi connectivity index (χ4n) is 1.12. The number of hydrogen-bond donors (Lipinski definition) is 1. The van der Waals surface area contributed by atoms with E-state index in [1.54, 1.807) is 24.5 Å². The SMILES string of the molecule is O=C(O)c1ccc2ncccn12. The minimum Gasteiger partial charge on any atom is -0.477 e. The Morgan fingerprint density at radius 3 is 3.08 bits per heavy atom. The third-order valence-electron chi connectivity index (χ3n) is 1.64. The van der Waals surface area contributed by atoms with Gasteiger partial charge >= 0.3 is 5.97 Å². The van der Waals surface area contributed by atoms with Gasteiger partial charge in [0, 0.05) is 12.4 Å². The molecule has 0 radical (unpaired) electrons. The topological polar surface area (TPSA) is 54.6 Å². The molecule has 0 bridgehead atoms. The van der Waals surface area contributed by atoms with Crippen LogP contribution in [0.4, 0.5) is 0 Å². The third kappa shape index (κ3) is 0.852. The van der Waals surface area contributed by atoms with Gasteiger partial charge in [-0.25, -0.2) is 9.78 Å². The summed E-state index contributed by atoms with van der Waals surface area (Å²) in [5, 5.41) is 8.72. The van der Waals surface area contributed by atoms with Crippen LogP contribution in [-0.2, 0) is 0 Å². The molecule has 1 N–H and O–H groups in total. The van der Waals surface area contributed by atoms with E-state index >= 15 is 0 Å². The first kappa shape index (κ1) is 6.84. The maximum atomic E-state index is 10.6. The maximum absolute atomic E-state index is 10.6. The maximum Gasteiger partial charge on any atom is 0.352 e. The van der Waals surface area contributed by atoms with Gasteiger partial charge < -0.3 is 5.11 Å². The summed E-state index contributed by atoms with van der Waals surface area (Å²) in [7, 11) is 0. The molecule has 0 aliphatic rings. The first-order valence-corrected chi connectivity index (χ1v) is 3.44. The Kier molecular flexibility index (Phi) is 1.33. The van der Waals surface area contributed by atoms with Crippen molar-refractivity contribution >= 4 is 11.6 Å². The quantitative estimate of drug-likeness (QED) is 0.681. The molecule has 0 saturated carbocycles. The van der Waals surface area contributed by atoms with Gasteiger partial charge in [0.1, 0.15) is 11.3 Å². The van der Waals surface area contributed by atoms with Crippen molar-refractivity contribution in [2.45, 2.75) is 0 Å². The zero-order valence-corrected chi connectivity index (χ0v) is 6.14. The van der Waals surface area contributed by atoms with E-state index in [-0.39, 0.29) is 5.69 Å². The van der Waals surface area contributed by atoms with Crippen LogP contribution in [0.5, 0.6) is 0 Å². The van der Waals surface area contributed by atoms with Crippen LogP contribution < -0.4 is 0 Å². The predicted molar refractivity (Wildman–Crippen MR) is 42.2 cm³/mol. The molecule has 0 aliphatic heterocycles. The van der Waals surface area contributed by atoms with Crippen LogP contribution in [-0.4, -0.2) is 20.5 Å². The minimum absolute atomic E-state index is 0.234. The number of carbonyl (C=O) groups is 1. The summed E-state index contributed by atoms with van der Waals surface area (Å²) in [5.41, 5.74) is 0.882. The fourth-order valence-corrected chi connectivity index (χ4v) is 1.12. The van der Waals surface area contributed by atoms with E-state index in [1.807, 2.05) is 0 Å². The van der Waals surface area contributed by atoms with E-state index in [4.69, 9.17) is 5.11 Å². The fraction of sp³-hybridized carbons (Fsp3) is 0. The number of carboxylic acid groups (broad SMARTS) is 1. The Labute approximate surface area is 68.1 Å². The summed E-state index contributed by atoms with van der Waals surface area (Å²) in [4.78, 5) is 14.6. The van der Waals surface area contributed by atoms with Crippen molar-refractivity contribution in [1.82, 2.24) is 9.38 Å². The predicted octanol–water partition coefficient (Wildman–Crippen LogP) is 1.03. The van der Waals surface area contributed by atoms with E-state index in [0.717, 1.165) is 0 Å². The van der Waals surface area contributed by atoms with Gasteiger partial charge in [0.2, 0.25) is 0 Å². The lowest BCUT2D eigenvalue weighted by Crippen LogP contribution is -2.01. The normalized spacial score (nSPS) is 10.3. The highest BCUT2D eigenvalue weighted by atomic mass is 16.4. The summed E-state index contributed by atoms with van der Waals surface area (Å²) >= 11 is 0. The van der Waals surface area contributed by atoms with E-state index in [1.165, 1.54) is 10.5 Å². The van der Waals surface area contributed by atoms with Crippen molar-refractivity contribution in [3.8, 4) is 0 Å². The number of aromatic carboxylic acids is 1. The molecule has 4 heteroatoms. The lowest BCUT2D eigenvalue weighted by molar-refractivity contribution is 0.0689. The second-order valence-corrected chi connectivity index (χ2v) is 2.37. The van der Waals surface area contributed by atoms with E-state index in [9.17, 15) is 4.79 Å². The highest BCUT2D eigenvalue weighted by molar-refractivity contribution is 5.87. The molecule has 2 aromatic heterocycles. The summed E-state index contributed by atoms with van der Waals surface area (Å²) in [5.74, 6) is -0.942. The molecule has 2 aromatic rings. The van der Waals surface area contributed by atoms with Crippen LogP contribution in [0, 0.1) is 0 Å². The van der Waals surface area contributed by atoms with Crippen LogP contribution in [0.3, 0.4) is 0 Å². The molecule has 4 nitrogen and oxygen atoms in total. The average molecular weight is 162 g/mol. The van der Waals surface area contributed by atoms with Crippen LogP contribution in [0.2, 0.25) is 0 Å². The van der Waals surface area contributed by atoms with Gasteiger partial charge in [0.15, 0.2) is 0 Å².